The summed E-state index contributed by atoms with van der Waals surface area (Å²) in [5.74, 6) is -0.0330. The van der Waals surface area contributed by atoms with Gasteiger partial charge in [0.1, 0.15) is 0 Å². The van der Waals surface area contributed by atoms with Crippen LogP contribution in [-0.4, -0.2) is 19.5 Å². The highest BCUT2D eigenvalue weighted by molar-refractivity contribution is 6.09. The Morgan fingerprint density at radius 1 is 1.40 bits per heavy atom. The highest BCUT2D eigenvalue weighted by Crippen LogP contribution is 2.14. The summed E-state index contributed by atoms with van der Waals surface area (Å²) in [6, 6.07) is 5.77. The maximum Gasteiger partial charge on any atom is 0.191 e. The van der Waals surface area contributed by atoms with Crippen LogP contribution in [0.15, 0.2) is 30.4 Å². The first-order chi connectivity index (χ1) is 7.06. The second-order valence-corrected chi connectivity index (χ2v) is 3.68. The Kier molecular flexibility index (Phi) is 3.81. The molecule has 15 heavy (non-hydrogen) atoms. The van der Waals surface area contributed by atoms with E-state index in [9.17, 15) is 4.79 Å². The standard InChI is InChI=1S/C13H16O2/c1-9-5-6-12(10(2)7-9)13(14)11(3)8-15-4/h5-7H,3,8H2,1-2,4H3. The Labute approximate surface area is 90.6 Å². The number of carbonyl (C=O) groups is 1. The first-order valence-corrected chi connectivity index (χ1v) is 4.85. The summed E-state index contributed by atoms with van der Waals surface area (Å²) in [5.41, 5.74) is 3.34. The fraction of sp³-hybridized carbons (Fsp3) is 0.308. The number of aryl methyl sites for hydroxylation is 2. The molecule has 0 radical (unpaired) electrons. The average Bonchev–Trinajstić information content (AvgIpc) is 2.17. The van der Waals surface area contributed by atoms with Gasteiger partial charge in [-0.1, -0.05) is 30.3 Å². The van der Waals surface area contributed by atoms with Crippen molar-refractivity contribution in [3.63, 3.8) is 0 Å². The van der Waals surface area contributed by atoms with Gasteiger partial charge in [0.25, 0.3) is 0 Å². The van der Waals surface area contributed by atoms with Crippen molar-refractivity contribution in [2.45, 2.75) is 13.8 Å². The van der Waals surface area contributed by atoms with Crippen LogP contribution in [0, 0.1) is 13.8 Å². The first-order valence-electron chi connectivity index (χ1n) is 4.85. The van der Waals surface area contributed by atoms with Gasteiger partial charge in [-0.05, 0) is 19.4 Å². The van der Waals surface area contributed by atoms with E-state index in [1.54, 1.807) is 7.11 Å². The van der Waals surface area contributed by atoms with Gasteiger partial charge in [0.05, 0.1) is 6.61 Å². The zero-order chi connectivity index (χ0) is 11.4. The Morgan fingerprint density at radius 2 is 2.07 bits per heavy atom. The Bertz CT molecular complexity index is 392. The molecule has 1 aromatic rings. The molecule has 0 atom stereocenters. The second kappa shape index (κ2) is 4.89. The molecule has 0 spiro atoms. The molecule has 0 saturated carbocycles. The molecule has 0 bridgehead atoms. The van der Waals surface area contributed by atoms with Crippen LogP contribution >= 0.6 is 0 Å². The molecule has 0 saturated heterocycles. The molecule has 0 N–H and O–H groups in total. The van der Waals surface area contributed by atoms with Crippen LogP contribution in [0.3, 0.4) is 0 Å². The quantitative estimate of drug-likeness (QED) is 0.556. The van der Waals surface area contributed by atoms with Gasteiger partial charge < -0.3 is 4.74 Å². The van der Waals surface area contributed by atoms with Crippen molar-refractivity contribution in [2.75, 3.05) is 13.7 Å². The van der Waals surface area contributed by atoms with Crippen molar-refractivity contribution in [2.24, 2.45) is 0 Å². The monoisotopic (exact) mass is 204 g/mol. The minimum absolute atomic E-state index is 0.0330. The maximum absolute atomic E-state index is 11.9. The Hall–Kier alpha value is -1.41. The highest BCUT2D eigenvalue weighted by atomic mass is 16.5. The van der Waals surface area contributed by atoms with Crippen LogP contribution in [-0.2, 0) is 4.74 Å². The van der Waals surface area contributed by atoms with Gasteiger partial charge >= 0.3 is 0 Å². The second-order valence-electron chi connectivity index (χ2n) is 3.68. The highest BCUT2D eigenvalue weighted by Gasteiger charge is 2.12. The molecular weight excluding hydrogens is 188 g/mol. The summed E-state index contributed by atoms with van der Waals surface area (Å²) in [7, 11) is 1.56. The number of ketones is 1. The molecule has 0 aromatic heterocycles. The van der Waals surface area contributed by atoms with E-state index < -0.39 is 0 Å². The minimum atomic E-state index is -0.0330. The molecule has 0 aliphatic rings. The van der Waals surface area contributed by atoms with E-state index in [0.717, 1.165) is 11.1 Å². The molecule has 0 unspecified atom stereocenters. The van der Waals surface area contributed by atoms with E-state index in [1.807, 2.05) is 32.0 Å². The molecule has 1 rings (SSSR count). The van der Waals surface area contributed by atoms with Gasteiger partial charge in [-0.2, -0.15) is 0 Å². The van der Waals surface area contributed by atoms with Crippen molar-refractivity contribution in [3.05, 3.63) is 47.0 Å². The molecular formula is C13H16O2. The fourth-order valence-electron chi connectivity index (χ4n) is 1.50. The summed E-state index contributed by atoms with van der Waals surface area (Å²) < 4.78 is 4.89. The van der Waals surface area contributed by atoms with Gasteiger partial charge in [-0.15, -0.1) is 0 Å². The van der Waals surface area contributed by atoms with E-state index in [0.29, 0.717) is 11.1 Å². The minimum Gasteiger partial charge on any atom is -0.380 e. The van der Waals surface area contributed by atoms with Gasteiger partial charge in [-0.3, -0.25) is 4.79 Å². The van der Waals surface area contributed by atoms with Crippen molar-refractivity contribution >= 4 is 5.78 Å². The third-order valence-electron chi connectivity index (χ3n) is 2.27. The van der Waals surface area contributed by atoms with Crippen molar-refractivity contribution in [3.8, 4) is 0 Å². The van der Waals surface area contributed by atoms with Crippen molar-refractivity contribution < 1.29 is 9.53 Å². The molecule has 2 heteroatoms. The topological polar surface area (TPSA) is 26.3 Å². The van der Waals surface area contributed by atoms with E-state index in [1.165, 1.54) is 0 Å². The van der Waals surface area contributed by atoms with E-state index >= 15 is 0 Å². The molecule has 1 aromatic carbocycles. The summed E-state index contributed by atoms with van der Waals surface area (Å²) in [6.45, 7) is 7.93. The van der Waals surface area contributed by atoms with Crippen LogP contribution in [0.2, 0.25) is 0 Å². The Morgan fingerprint density at radius 3 is 2.60 bits per heavy atom. The molecule has 0 fully saturated rings. The van der Waals surface area contributed by atoms with Crippen molar-refractivity contribution in [1.29, 1.82) is 0 Å². The number of hydrogen-bond acceptors (Lipinski definition) is 2. The Balaban J connectivity index is 2.96. The zero-order valence-corrected chi connectivity index (χ0v) is 9.46. The largest absolute Gasteiger partial charge is 0.380 e. The van der Waals surface area contributed by atoms with Crippen molar-refractivity contribution in [1.82, 2.24) is 0 Å². The third kappa shape index (κ3) is 2.77. The molecule has 0 amide bonds. The number of benzene rings is 1. The molecule has 80 valence electrons. The number of carbonyl (C=O) groups excluding carboxylic acids is 1. The number of Topliss-reactive ketones (excluding diaryl/α,β-unsaturated/α-hetero) is 1. The lowest BCUT2D eigenvalue weighted by Gasteiger charge is -2.07. The van der Waals surface area contributed by atoms with Gasteiger partial charge in [0.15, 0.2) is 5.78 Å². The summed E-state index contributed by atoms with van der Waals surface area (Å²) in [5, 5.41) is 0. The van der Waals surface area contributed by atoms with Crippen LogP contribution in [0.5, 0.6) is 0 Å². The molecule has 0 aliphatic heterocycles. The van der Waals surface area contributed by atoms with Crippen LogP contribution in [0.25, 0.3) is 0 Å². The zero-order valence-electron chi connectivity index (χ0n) is 9.46. The van der Waals surface area contributed by atoms with Gasteiger partial charge in [0.2, 0.25) is 0 Å². The average molecular weight is 204 g/mol. The van der Waals surface area contributed by atoms with E-state index in [-0.39, 0.29) is 12.4 Å². The first kappa shape index (κ1) is 11.7. The van der Waals surface area contributed by atoms with Crippen LogP contribution < -0.4 is 0 Å². The summed E-state index contributed by atoms with van der Waals surface area (Å²) in [6.07, 6.45) is 0. The molecule has 2 nitrogen and oxygen atoms in total. The van der Waals surface area contributed by atoms with Crippen LogP contribution in [0.4, 0.5) is 0 Å². The van der Waals surface area contributed by atoms with Gasteiger partial charge in [0, 0.05) is 18.2 Å². The lowest BCUT2D eigenvalue weighted by atomic mass is 9.99. The number of ether oxygens (including phenoxy) is 1. The van der Waals surface area contributed by atoms with Gasteiger partial charge in [-0.25, -0.2) is 0 Å². The summed E-state index contributed by atoms with van der Waals surface area (Å²) >= 11 is 0. The maximum atomic E-state index is 11.9. The lowest BCUT2D eigenvalue weighted by molar-refractivity contribution is 0.101. The number of hydrogen-bond donors (Lipinski definition) is 0. The van der Waals surface area contributed by atoms with Crippen LogP contribution in [0.1, 0.15) is 21.5 Å². The van der Waals surface area contributed by atoms with E-state index in [2.05, 4.69) is 6.58 Å². The fourth-order valence-corrected chi connectivity index (χ4v) is 1.50. The third-order valence-corrected chi connectivity index (χ3v) is 2.27. The lowest BCUT2D eigenvalue weighted by Crippen LogP contribution is -2.09. The number of rotatable bonds is 4. The van der Waals surface area contributed by atoms with E-state index in [4.69, 9.17) is 4.74 Å². The smallest absolute Gasteiger partial charge is 0.191 e. The molecule has 0 aliphatic carbocycles. The normalized spacial score (nSPS) is 10.1. The summed E-state index contributed by atoms with van der Waals surface area (Å²) in [4.78, 5) is 11.9. The predicted octanol–water partition coefficient (Wildman–Crippen LogP) is 2.69. The molecule has 0 heterocycles. The number of methoxy groups -OCH3 is 1. The predicted molar refractivity (Wildman–Crippen MR) is 61.3 cm³/mol. The SMILES string of the molecule is C=C(COC)C(=O)c1ccc(C)cc1C.